The molecule has 0 bridgehead atoms. The Kier molecular flexibility index (Phi) is 4.55. The highest BCUT2D eigenvalue weighted by Crippen LogP contribution is 2.29. The van der Waals surface area contributed by atoms with E-state index in [1.807, 2.05) is 0 Å². The number of phenolic OH excluding ortho intramolecular Hbond substituents is 1. The van der Waals surface area contributed by atoms with Crippen molar-refractivity contribution in [2.45, 2.75) is 0 Å². The van der Waals surface area contributed by atoms with Crippen LogP contribution in [0.3, 0.4) is 0 Å². The van der Waals surface area contributed by atoms with Gasteiger partial charge >= 0.3 is 5.97 Å². The van der Waals surface area contributed by atoms with Crippen LogP contribution in [0.15, 0.2) is 42.5 Å². The third kappa shape index (κ3) is 3.26. The molecule has 0 aliphatic carbocycles. The number of anilines is 1. The van der Waals surface area contributed by atoms with Gasteiger partial charge in [-0.25, -0.2) is 4.79 Å². The molecule has 8 heteroatoms. The fourth-order valence-electron chi connectivity index (χ4n) is 1.93. The molecule has 0 unspecified atom stereocenters. The van der Waals surface area contributed by atoms with E-state index >= 15 is 0 Å². The minimum absolute atomic E-state index is 0.0592. The molecule has 2 rings (SSSR count). The van der Waals surface area contributed by atoms with Gasteiger partial charge in [0.25, 0.3) is 11.6 Å². The van der Waals surface area contributed by atoms with Crippen LogP contribution in [0.5, 0.6) is 5.75 Å². The summed E-state index contributed by atoms with van der Waals surface area (Å²) in [4.78, 5) is 34.0. The first kappa shape index (κ1) is 16.0. The lowest BCUT2D eigenvalue weighted by Crippen LogP contribution is -2.14. The molecule has 0 heterocycles. The number of rotatable bonds is 4. The van der Waals surface area contributed by atoms with Gasteiger partial charge < -0.3 is 15.2 Å². The summed E-state index contributed by atoms with van der Waals surface area (Å²) in [6.45, 7) is 0. The average Bonchev–Trinajstić information content (AvgIpc) is 2.56. The number of nitrogens with zero attached hydrogens (tertiary/aromatic N) is 1. The van der Waals surface area contributed by atoms with Crippen LogP contribution in [-0.4, -0.2) is 29.0 Å². The molecule has 0 atom stereocenters. The predicted octanol–water partition coefficient (Wildman–Crippen LogP) is 2.34. The maximum atomic E-state index is 12.2. The summed E-state index contributed by atoms with van der Waals surface area (Å²) in [7, 11) is 1.15. The van der Waals surface area contributed by atoms with Crippen LogP contribution in [0.1, 0.15) is 20.7 Å². The van der Waals surface area contributed by atoms with Crippen molar-refractivity contribution in [3.63, 3.8) is 0 Å². The molecule has 0 saturated carbocycles. The zero-order valence-electron chi connectivity index (χ0n) is 12.0. The van der Waals surface area contributed by atoms with Crippen molar-refractivity contribution >= 4 is 23.3 Å². The number of methoxy groups -OCH3 is 1. The molecule has 0 fully saturated rings. The number of hydrogen-bond acceptors (Lipinski definition) is 6. The molecule has 0 aromatic heterocycles. The third-order valence-electron chi connectivity index (χ3n) is 3.03. The van der Waals surface area contributed by atoms with Crippen molar-refractivity contribution in [2.75, 3.05) is 12.4 Å². The molecule has 0 saturated heterocycles. The normalized spacial score (nSPS) is 9.96. The van der Waals surface area contributed by atoms with E-state index < -0.39 is 22.5 Å². The Labute approximate surface area is 130 Å². The number of para-hydroxylation sites is 2. The van der Waals surface area contributed by atoms with Gasteiger partial charge in [0.2, 0.25) is 0 Å². The summed E-state index contributed by atoms with van der Waals surface area (Å²) in [5, 5.41) is 23.3. The Morgan fingerprint density at radius 2 is 1.78 bits per heavy atom. The van der Waals surface area contributed by atoms with Crippen molar-refractivity contribution in [1.82, 2.24) is 0 Å². The second-order valence-electron chi connectivity index (χ2n) is 4.42. The second kappa shape index (κ2) is 6.56. The number of carbonyl (C=O) groups is 2. The van der Waals surface area contributed by atoms with Crippen molar-refractivity contribution in [3.05, 3.63) is 63.7 Å². The van der Waals surface area contributed by atoms with Gasteiger partial charge in [-0.05, 0) is 18.2 Å². The van der Waals surface area contributed by atoms with Crippen molar-refractivity contribution in [2.24, 2.45) is 0 Å². The molecule has 1 amide bonds. The molecule has 0 radical (unpaired) electrons. The van der Waals surface area contributed by atoms with E-state index in [-0.39, 0.29) is 22.5 Å². The highest BCUT2D eigenvalue weighted by Gasteiger charge is 2.21. The first-order valence-electron chi connectivity index (χ1n) is 6.40. The summed E-state index contributed by atoms with van der Waals surface area (Å²) in [6.07, 6.45) is 0. The van der Waals surface area contributed by atoms with Crippen LogP contribution >= 0.6 is 0 Å². The Balaban J connectivity index is 2.35. The zero-order valence-corrected chi connectivity index (χ0v) is 12.0. The third-order valence-corrected chi connectivity index (χ3v) is 3.03. The van der Waals surface area contributed by atoms with Gasteiger partial charge in [0.15, 0.2) is 5.75 Å². The lowest BCUT2D eigenvalue weighted by atomic mass is 10.1. The topological polar surface area (TPSA) is 119 Å². The number of nitrogens with one attached hydrogen (secondary N) is 1. The number of phenols is 1. The Morgan fingerprint density at radius 1 is 1.13 bits per heavy atom. The monoisotopic (exact) mass is 316 g/mol. The number of nitro groups is 1. The summed E-state index contributed by atoms with van der Waals surface area (Å²) < 4.78 is 4.51. The molecule has 0 spiro atoms. The molecular weight excluding hydrogens is 304 g/mol. The van der Waals surface area contributed by atoms with E-state index in [0.717, 1.165) is 7.11 Å². The van der Waals surface area contributed by atoms with E-state index in [2.05, 4.69) is 10.1 Å². The van der Waals surface area contributed by atoms with E-state index in [1.165, 1.54) is 42.5 Å². The number of carbonyl (C=O) groups excluding carboxylic acids is 2. The smallest absolute Gasteiger partial charge is 0.341 e. The van der Waals surface area contributed by atoms with Gasteiger partial charge in [0, 0.05) is 6.07 Å². The maximum absolute atomic E-state index is 12.2. The largest absolute Gasteiger partial charge is 0.505 e. The van der Waals surface area contributed by atoms with E-state index in [4.69, 9.17) is 0 Å². The van der Waals surface area contributed by atoms with Crippen molar-refractivity contribution in [3.8, 4) is 5.75 Å². The van der Waals surface area contributed by atoms with Crippen LogP contribution in [0, 0.1) is 10.1 Å². The quantitative estimate of drug-likeness (QED) is 0.387. The lowest BCUT2D eigenvalue weighted by molar-refractivity contribution is -0.385. The second-order valence-corrected chi connectivity index (χ2v) is 4.42. The van der Waals surface area contributed by atoms with Gasteiger partial charge in [0.1, 0.15) is 11.1 Å². The Bertz CT molecular complexity index is 787. The highest BCUT2D eigenvalue weighted by molar-refractivity contribution is 6.08. The summed E-state index contributed by atoms with van der Waals surface area (Å²) >= 11 is 0. The van der Waals surface area contributed by atoms with Crippen LogP contribution in [0.2, 0.25) is 0 Å². The molecule has 23 heavy (non-hydrogen) atoms. The van der Waals surface area contributed by atoms with Gasteiger partial charge in [-0.2, -0.15) is 0 Å². The lowest BCUT2D eigenvalue weighted by Gasteiger charge is -2.10. The minimum Gasteiger partial charge on any atom is -0.505 e. The van der Waals surface area contributed by atoms with Crippen molar-refractivity contribution in [1.29, 1.82) is 0 Å². The highest BCUT2D eigenvalue weighted by atomic mass is 16.6. The van der Waals surface area contributed by atoms with Crippen LogP contribution in [0.25, 0.3) is 0 Å². The first-order valence-corrected chi connectivity index (χ1v) is 6.40. The zero-order chi connectivity index (χ0) is 17.0. The van der Waals surface area contributed by atoms with Crippen LogP contribution in [-0.2, 0) is 4.74 Å². The van der Waals surface area contributed by atoms with E-state index in [1.54, 1.807) is 0 Å². The molecule has 118 valence electrons. The number of amides is 1. The molecule has 2 N–H and O–H groups in total. The number of aromatic hydroxyl groups is 1. The molecule has 8 nitrogen and oxygen atoms in total. The number of benzene rings is 2. The Hall–Kier alpha value is -3.42. The van der Waals surface area contributed by atoms with E-state index in [0.29, 0.717) is 0 Å². The van der Waals surface area contributed by atoms with Gasteiger partial charge in [-0.1, -0.05) is 18.2 Å². The summed E-state index contributed by atoms with van der Waals surface area (Å²) in [6, 6.07) is 9.50. The average molecular weight is 316 g/mol. The fourth-order valence-corrected chi connectivity index (χ4v) is 1.93. The molecule has 2 aromatic rings. The first-order chi connectivity index (χ1) is 11.0. The van der Waals surface area contributed by atoms with Crippen LogP contribution in [0.4, 0.5) is 11.4 Å². The SMILES string of the molecule is COC(=O)c1cccc(NC(=O)c2ccccc2[N+](=O)[O-])c1O. The maximum Gasteiger partial charge on any atom is 0.341 e. The summed E-state index contributed by atoms with van der Waals surface area (Å²) in [5.74, 6) is -2.04. The molecule has 0 aliphatic rings. The minimum atomic E-state index is -0.783. The van der Waals surface area contributed by atoms with Gasteiger partial charge in [-0.3, -0.25) is 14.9 Å². The van der Waals surface area contributed by atoms with Crippen molar-refractivity contribution < 1.29 is 24.4 Å². The Morgan fingerprint density at radius 3 is 2.43 bits per heavy atom. The molecule has 2 aromatic carbocycles. The molecular formula is C15H12N2O6. The van der Waals surface area contributed by atoms with Gasteiger partial charge in [-0.15, -0.1) is 0 Å². The number of nitro benzene ring substituents is 1. The number of esters is 1. The molecule has 0 aliphatic heterocycles. The summed E-state index contributed by atoms with van der Waals surface area (Å²) in [5.41, 5.74) is -0.724. The predicted molar refractivity (Wildman–Crippen MR) is 80.5 cm³/mol. The fraction of sp³-hybridized carbons (Fsp3) is 0.0667. The van der Waals surface area contributed by atoms with E-state index in [9.17, 15) is 24.8 Å². The standard InChI is InChI=1S/C15H12N2O6/c1-23-15(20)10-6-4-7-11(13(10)18)16-14(19)9-5-2-3-8-12(9)17(21)22/h2-8,18H,1H3,(H,16,19). The van der Waals surface area contributed by atoms with Crippen LogP contribution < -0.4 is 5.32 Å². The number of ether oxygens (including phenoxy) is 1. The number of hydrogen-bond donors (Lipinski definition) is 2. The van der Waals surface area contributed by atoms with Gasteiger partial charge in [0.05, 0.1) is 17.7 Å².